The molecule has 1 aliphatic heterocycles. The van der Waals surface area contributed by atoms with Crippen LogP contribution in [0.3, 0.4) is 0 Å². The minimum absolute atomic E-state index is 0. The van der Waals surface area contributed by atoms with Gasteiger partial charge in [0.1, 0.15) is 0 Å². The molecule has 0 aliphatic carbocycles. The maximum absolute atomic E-state index is 12.9. The molecule has 1 amide bonds. The molecular formula is C18H30ClN3O. The van der Waals surface area contributed by atoms with Crippen LogP contribution in [0.1, 0.15) is 52.1 Å². The van der Waals surface area contributed by atoms with Gasteiger partial charge >= 0.3 is 0 Å². The molecule has 2 heterocycles. The van der Waals surface area contributed by atoms with Crippen LogP contribution in [0.2, 0.25) is 0 Å². The molecule has 5 heteroatoms. The molecule has 1 aromatic heterocycles. The lowest BCUT2D eigenvalue weighted by molar-refractivity contribution is -0.136. The zero-order valence-electron chi connectivity index (χ0n) is 14.5. The van der Waals surface area contributed by atoms with Gasteiger partial charge in [-0.05, 0) is 49.9 Å². The number of carbonyl (C=O) groups excluding carboxylic acids is 1. The van der Waals surface area contributed by atoms with Gasteiger partial charge in [-0.15, -0.1) is 12.4 Å². The van der Waals surface area contributed by atoms with E-state index in [9.17, 15) is 4.79 Å². The highest BCUT2D eigenvalue weighted by Gasteiger charge is 2.27. The summed E-state index contributed by atoms with van der Waals surface area (Å²) in [5.74, 6) is 0.255. The third-order valence-corrected chi connectivity index (χ3v) is 4.05. The topological polar surface area (TPSA) is 45.2 Å². The largest absolute Gasteiger partial charge is 0.334 e. The number of carbonyl (C=O) groups is 1. The summed E-state index contributed by atoms with van der Waals surface area (Å²) in [7, 11) is 0. The highest BCUT2D eigenvalue weighted by Crippen LogP contribution is 2.24. The van der Waals surface area contributed by atoms with E-state index in [0.29, 0.717) is 19.0 Å². The van der Waals surface area contributed by atoms with Gasteiger partial charge in [-0.1, -0.05) is 26.8 Å². The van der Waals surface area contributed by atoms with Gasteiger partial charge in [-0.25, -0.2) is 0 Å². The number of hydrogen-bond acceptors (Lipinski definition) is 3. The van der Waals surface area contributed by atoms with Crippen LogP contribution in [0, 0.1) is 5.41 Å². The molecule has 1 saturated heterocycles. The fourth-order valence-corrected chi connectivity index (χ4v) is 2.95. The maximum atomic E-state index is 12.9. The molecule has 0 saturated carbocycles. The summed E-state index contributed by atoms with van der Waals surface area (Å²) in [6.45, 7) is 9.05. The van der Waals surface area contributed by atoms with Crippen molar-refractivity contribution >= 4 is 18.3 Å². The van der Waals surface area contributed by atoms with Crippen molar-refractivity contribution in [3.05, 3.63) is 30.1 Å². The second kappa shape index (κ2) is 9.24. The summed E-state index contributed by atoms with van der Waals surface area (Å²) < 4.78 is 0. The molecule has 0 radical (unpaired) electrons. The van der Waals surface area contributed by atoms with Crippen molar-refractivity contribution in [2.24, 2.45) is 5.41 Å². The Hall–Kier alpha value is -1.13. The Balaban J connectivity index is 0.00000264. The average molecular weight is 340 g/mol. The Labute approximate surface area is 146 Å². The summed E-state index contributed by atoms with van der Waals surface area (Å²) in [5.41, 5.74) is 0.990. The molecule has 4 nitrogen and oxygen atoms in total. The highest BCUT2D eigenvalue weighted by molar-refractivity contribution is 5.85. The van der Waals surface area contributed by atoms with E-state index in [-0.39, 0.29) is 23.7 Å². The lowest BCUT2D eigenvalue weighted by atomic mass is 9.91. The maximum Gasteiger partial charge on any atom is 0.223 e. The molecule has 1 atom stereocenters. The third-order valence-electron chi connectivity index (χ3n) is 4.05. The van der Waals surface area contributed by atoms with Crippen molar-refractivity contribution in [3.63, 3.8) is 0 Å². The van der Waals surface area contributed by atoms with Gasteiger partial charge in [0.2, 0.25) is 5.91 Å². The Morgan fingerprint density at radius 3 is 2.74 bits per heavy atom. The first kappa shape index (κ1) is 19.9. The fraction of sp³-hybridized carbons (Fsp3) is 0.667. The van der Waals surface area contributed by atoms with E-state index in [1.807, 2.05) is 18.2 Å². The number of aromatic nitrogens is 1. The van der Waals surface area contributed by atoms with Gasteiger partial charge in [0.05, 0.1) is 12.2 Å². The molecule has 1 aliphatic rings. The number of halogens is 1. The molecule has 0 aromatic carbocycles. The average Bonchev–Trinajstić information content (AvgIpc) is 2.73. The first-order valence-corrected chi connectivity index (χ1v) is 8.36. The second-order valence-electron chi connectivity index (χ2n) is 7.41. The summed E-state index contributed by atoms with van der Waals surface area (Å²) in [5, 5.41) is 3.43. The SMILES string of the molecule is CC(C)(C)CC(=O)N(Cc1ccccn1)C1CCCNCC1.Cl. The van der Waals surface area contributed by atoms with E-state index >= 15 is 0 Å². The number of hydrogen-bond donors (Lipinski definition) is 1. The lowest BCUT2D eigenvalue weighted by Crippen LogP contribution is -2.41. The summed E-state index contributed by atoms with van der Waals surface area (Å²) in [6, 6.07) is 6.24. The first-order chi connectivity index (χ1) is 10.5. The Morgan fingerprint density at radius 2 is 2.09 bits per heavy atom. The van der Waals surface area contributed by atoms with Crippen LogP contribution in [0.25, 0.3) is 0 Å². The van der Waals surface area contributed by atoms with Crippen molar-refractivity contribution < 1.29 is 4.79 Å². The van der Waals surface area contributed by atoms with Gasteiger partial charge in [0.25, 0.3) is 0 Å². The van der Waals surface area contributed by atoms with Crippen LogP contribution in [-0.4, -0.2) is 34.9 Å². The van der Waals surface area contributed by atoms with Crippen LogP contribution in [0.15, 0.2) is 24.4 Å². The highest BCUT2D eigenvalue weighted by atomic mass is 35.5. The van der Waals surface area contributed by atoms with Crippen LogP contribution in [0.5, 0.6) is 0 Å². The molecular weight excluding hydrogens is 310 g/mol. The standard InChI is InChI=1S/C18H29N3O.ClH/c1-18(2,3)13-17(22)21(14-15-7-4-5-11-20-15)16-8-6-10-19-12-9-16;/h4-5,7,11,16,19H,6,8-10,12-14H2,1-3H3;1H. The van der Waals surface area contributed by atoms with Gasteiger partial charge in [0.15, 0.2) is 0 Å². The summed E-state index contributed by atoms with van der Waals surface area (Å²) in [4.78, 5) is 19.3. The Kier molecular flexibility index (Phi) is 8.00. The number of nitrogens with one attached hydrogen (secondary N) is 1. The quantitative estimate of drug-likeness (QED) is 0.914. The monoisotopic (exact) mass is 339 g/mol. The Bertz CT molecular complexity index is 465. The van der Waals surface area contributed by atoms with Crippen molar-refractivity contribution in [3.8, 4) is 0 Å². The molecule has 1 fully saturated rings. The zero-order chi connectivity index (χ0) is 16.0. The summed E-state index contributed by atoms with van der Waals surface area (Å²) >= 11 is 0. The number of nitrogens with zero attached hydrogens (tertiary/aromatic N) is 2. The number of amides is 1. The van der Waals surface area contributed by atoms with E-state index < -0.39 is 0 Å². The van der Waals surface area contributed by atoms with Crippen LogP contribution in [-0.2, 0) is 11.3 Å². The van der Waals surface area contributed by atoms with Crippen molar-refractivity contribution in [1.82, 2.24) is 15.2 Å². The normalized spacial score (nSPS) is 18.7. The lowest BCUT2D eigenvalue weighted by Gasteiger charge is -2.33. The van der Waals surface area contributed by atoms with Gasteiger partial charge in [-0.3, -0.25) is 9.78 Å². The first-order valence-electron chi connectivity index (χ1n) is 8.36. The van der Waals surface area contributed by atoms with E-state index in [0.717, 1.165) is 38.0 Å². The van der Waals surface area contributed by atoms with Crippen LogP contribution >= 0.6 is 12.4 Å². The van der Waals surface area contributed by atoms with Crippen molar-refractivity contribution in [2.75, 3.05) is 13.1 Å². The minimum atomic E-state index is 0. The Morgan fingerprint density at radius 1 is 1.30 bits per heavy atom. The van der Waals surface area contributed by atoms with E-state index in [4.69, 9.17) is 0 Å². The zero-order valence-corrected chi connectivity index (χ0v) is 15.4. The van der Waals surface area contributed by atoms with E-state index in [1.54, 1.807) is 6.20 Å². The third kappa shape index (κ3) is 6.88. The molecule has 1 unspecified atom stereocenters. The number of pyridine rings is 1. The minimum Gasteiger partial charge on any atom is -0.334 e. The predicted octanol–water partition coefficient (Wildman–Crippen LogP) is 3.41. The van der Waals surface area contributed by atoms with Crippen LogP contribution < -0.4 is 5.32 Å². The van der Waals surface area contributed by atoms with Crippen molar-refractivity contribution in [1.29, 1.82) is 0 Å². The predicted molar refractivity (Wildman–Crippen MR) is 96.6 cm³/mol. The summed E-state index contributed by atoms with van der Waals surface area (Å²) in [6.07, 6.45) is 5.63. The second-order valence-corrected chi connectivity index (χ2v) is 7.41. The van der Waals surface area contributed by atoms with E-state index in [1.165, 1.54) is 0 Å². The fourth-order valence-electron chi connectivity index (χ4n) is 2.95. The van der Waals surface area contributed by atoms with Crippen molar-refractivity contribution in [2.45, 2.75) is 59.0 Å². The van der Waals surface area contributed by atoms with Gasteiger partial charge in [-0.2, -0.15) is 0 Å². The molecule has 130 valence electrons. The molecule has 0 bridgehead atoms. The molecule has 0 spiro atoms. The van der Waals surface area contributed by atoms with Gasteiger partial charge in [0, 0.05) is 18.7 Å². The smallest absolute Gasteiger partial charge is 0.223 e. The number of rotatable bonds is 4. The molecule has 1 aromatic rings. The molecule has 2 rings (SSSR count). The van der Waals surface area contributed by atoms with E-state index in [2.05, 4.69) is 36.0 Å². The van der Waals surface area contributed by atoms with Gasteiger partial charge < -0.3 is 10.2 Å². The molecule has 1 N–H and O–H groups in total. The molecule has 23 heavy (non-hydrogen) atoms. The van der Waals surface area contributed by atoms with Crippen LogP contribution in [0.4, 0.5) is 0 Å².